The Hall–Kier alpha value is -3.86. The number of carbonyl (C=O) groups excluding carboxylic acids is 1. The second-order valence-corrected chi connectivity index (χ2v) is 6.10. The molecule has 3 rings (SSSR count). The first-order chi connectivity index (χ1) is 14.1. The molecular weight excluding hydrogens is 374 g/mol. The molecule has 0 aliphatic carbocycles. The minimum absolute atomic E-state index is 0.0723. The molecule has 150 valence electrons. The van der Waals surface area contributed by atoms with Crippen LogP contribution in [0.1, 0.15) is 0 Å². The number of hydrogen-bond acceptors (Lipinski definition) is 7. The summed E-state index contributed by atoms with van der Waals surface area (Å²) in [5.74, 6) is 1.84. The Morgan fingerprint density at radius 3 is 2.69 bits per heavy atom. The van der Waals surface area contributed by atoms with E-state index in [9.17, 15) is 10.1 Å². The summed E-state index contributed by atoms with van der Waals surface area (Å²) in [6, 6.07) is 14.2. The highest BCUT2D eigenvalue weighted by molar-refractivity contribution is 6.06. The Morgan fingerprint density at radius 2 is 1.97 bits per heavy atom. The van der Waals surface area contributed by atoms with Crippen LogP contribution in [-0.2, 0) is 4.79 Å². The molecule has 29 heavy (non-hydrogen) atoms. The first-order valence-corrected chi connectivity index (χ1v) is 8.90. The van der Waals surface area contributed by atoms with Gasteiger partial charge in [0.1, 0.15) is 24.4 Å². The maximum Gasteiger partial charge on any atom is 0.267 e. The maximum atomic E-state index is 12.4. The van der Waals surface area contributed by atoms with Crippen molar-refractivity contribution in [3.05, 3.63) is 54.2 Å². The fraction of sp³-hybridized carbons (Fsp3) is 0.238. The number of nitrogens with zero attached hydrogens (tertiary/aromatic N) is 1. The zero-order chi connectivity index (χ0) is 20.6. The van der Waals surface area contributed by atoms with Gasteiger partial charge in [-0.15, -0.1) is 0 Å². The molecule has 2 aromatic rings. The largest absolute Gasteiger partial charge is 0.493 e. The molecule has 0 fully saturated rings. The molecule has 2 N–H and O–H groups in total. The van der Waals surface area contributed by atoms with Crippen molar-refractivity contribution in [1.29, 1.82) is 5.26 Å². The summed E-state index contributed by atoms with van der Waals surface area (Å²) >= 11 is 0. The standard InChI is InChI=1S/C21H21N3O5/c1-26-17-8-7-15(9-20(17)27-2)24-21(25)14(10-22)11-23-12-16-13-28-18-5-3-4-6-19(18)29-16/h3-9,11,16,23H,12-13H2,1-2H3,(H,24,25)/b14-11-. The lowest BCUT2D eigenvalue weighted by Crippen LogP contribution is -2.37. The number of para-hydroxylation sites is 2. The number of nitriles is 1. The van der Waals surface area contributed by atoms with E-state index in [1.165, 1.54) is 20.4 Å². The van der Waals surface area contributed by atoms with Crippen molar-refractivity contribution in [2.45, 2.75) is 6.10 Å². The van der Waals surface area contributed by atoms with Crippen molar-refractivity contribution in [2.75, 3.05) is 32.7 Å². The minimum atomic E-state index is -0.543. The summed E-state index contributed by atoms with van der Waals surface area (Å²) in [6.07, 6.45) is 1.12. The van der Waals surface area contributed by atoms with Gasteiger partial charge in [0.2, 0.25) is 0 Å². The normalized spacial score (nSPS) is 15.1. The molecule has 1 heterocycles. The summed E-state index contributed by atoms with van der Waals surface area (Å²) in [5.41, 5.74) is 0.409. The summed E-state index contributed by atoms with van der Waals surface area (Å²) in [4.78, 5) is 12.4. The number of hydrogen-bond donors (Lipinski definition) is 2. The highest BCUT2D eigenvalue weighted by atomic mass is 16.6. The van der Waals surface area contributed by atoms with Crippen molar-refractivity contribution in [3.8, 4) is 29.1 Å². The average molecular weight is 395 g/mol. The van der Waals surface area contributed by atoms with Crippen LogP contribution >= 0.6 is 0 Å². The number of methoxy groups -OCH3 is 2. The monoisotopic (exact) mass is 395 g/mol. The number of rotatable bonds is 7. The van der Waals surface area contributed by atoms with Crippen LogP contribution in [0.2, 0.25) is 0 Å². The zero-order valence-corrected chi connectivity index (χ0v) is 16.1. The summed E-state index contributed by atoms with van der Waals surface area (Å²) < 4.78 is 21.8. The molecule has 0 saturated carbocycles. The van der Waals surface area contributed by atoms with Crippen LogP contribution < -0.4 is 29.6 Å². The van der Waals surface area contributed by atoms with Crippen LogP contribution in [0, 0.1) is 11.3 Å². The number of ether oxygens (including phenoxy) is 4. The van der Waals surface area contributed by atoms with Gasteiger partial charge in [-0.2, -0.15) is 5.26 Å². The summed E-state index contributed by atoms with van der Waals surface area (Å²) in [5, 5.41) is 14.9. The van der Waals surface area contributed by atoms with E-state index in [1.807, 2.05) is 30.3 Å². The molecule has 0 aromatic heterocycles. The third-order valence-electron chi connectivity index (χ3n) is 4.17. The van der Waals surface area contributed by atoms with E-state index in [-0.39, 0.29) is 11.7 Å². The number of nitrogens with one attached hydrogen (secondary N) is 2. The molecule has 1 aliphatic rings. The summed E-state index contributed by atoms with van der Waals surface area (Å²) in [6.45, 7) is 0.751. The third-order valence-corrected chi connectivity index (χ3v) is 4.17. The van der Waals surface area contributed by atoms with E-state index in [1.54, 1.807) is 18.2 Å². The van der Waals surface area contributed by atoms with Gasteiger partial charge in [-0.05, 0) is 24.3 Å². The highest BCUT2D eigenvalue weighted by Crippen LogP contribution is 2.31. The molecule has 2 aromatic carbocycles. The number of carbonyl (C=O) groups is 1. The van der Waals surface area contributed by atoms with Crippen molar-refractivity contribution < 1.29 is 23.7 Å². The minimum Gasteiger partial charge on any atom is -0.493 e. The van der Waals surface area contributed by atoms with Gasteiger partial charge in [0.25, 0.3) is 5.91 Å². The second kappa shape index (κ2) is 9.37. The van der Waals surface area contributed by atoms with Crippen LogP contribution in [0.5, 0.6) is 23.0 Å². The lowest BCUT2D eigenvalue weighted by molar-refractivity contribution is -0.112. The van der Waals surface area contributed by atoms with Crippen LogP contribution in [-0.4, -0.2) is 39.4 Å². The first-order valence-electron chi connectivity index (χ1n) is 8.90. The lowest BCUT2D eigenvalue weighted by Gasteiger charge is -2.26. The molecular formula is C21H21N3O5. The van der Waals surface area contributed by atoms with E-state index < -0.39 is 5.91 Å². The molecule has 0 spiro atoms. The van der Waals surface area contributed by atoms with Crippen molar-refractivity contribution in [1.82, 2.24) is 5.32 Å². The van der Waals surface area contributed by atoms with Crippen LogP contribution in [0.25, 0.3) is 0 Å². The lowest BCUT2D eigenvalue weighted by atomic mass is 10.2. The molecule has 8 nitrogen and oxygen atoms in total. The predicted molar refractivity (Wildman–Crippen MR) is 106 cm³/mol. The molecule has 1 amide bonds. The Kier molecular flexibility index (Phi) is 6.43. The van der Waals surface area contributed by atoms with E-state index in [2.05, 4.69) is 10.6 Å². The third kappa shape index (κ3) is 4.90. The molecule has 1 atom stereocenters. The molecule has 1 unspecified atom stereocenters. The van der Waals surface area contributed by atoms with Crippen molar-refractivity contribution >= 4 is 11.6 Å². The van der Waals surface area contributed by atoms with Crippen LogP contribution in [0.3, 0.4) is 0 Å². The number of benzene rings is 2. The van der Waals surface area contributed by atoms with Gasteiger partial charge in [0.15, 0.2) is 23.0 Å². The number of anilines is 1. The predicted octanol–water partition coefficient (Wildman–Crippen LogP) is 2.48. The molecule has 0 radical (unpaired) electrons. The molecule has 8 heteroatoms. The van der Waals surface area contributed by atoms with Crippen molar-refractivity contribution in [2.24, 2.45) is 0 Å². The van der Waals surface area contributed by atoms with E-state index in [4.69, 9.17) is 18.9 Å². The number of amides is 1. The van der Waals surface area contributed by atoms with E-state index >= 15 is 0 Å². The Bertz CT molecular complexity index is 952. The van der Waals surface area contributed by atoms with Gasteiger partial charge in [-0.1, -0.05) is 12.1 Å². The zero-order valence-electron chi connectivity index (χ0n) is 16.1. The summed E-state index contributed by atoms with van der Waals surface area (Å²) in [7, 11) is 3.03. The first kappa shape index (κ1) is 19.9. The van der Waals surface area contributed by atoms with E-state index in [0.717, 1.165) is 0 Å². The fourth-order valence-corrected chi connectivity index (χ4v) is 2.72. The van der Waals surface area contributed by atoms with Gasteiger partial charge >= 0.3 is 0 Å². The van der Waals surface area contributed by atoms with Gasteiger partial charge in [-0.3, -0.25) is 4.79 Å². The molecule has 0 saturated heterocycles. The van der Waals surface area contributed by atoms with E-state index in [0.29, 0.717) is 41.8 Å². The number of fused-ring (bicyclic) bond motifs is 1. The highest BCUT2D eigenvalue weighted by Gasteiger charge is 2.20. The van der Waals surface area contributed by atoms with Gasteiger partial charge in [0, 0.05) is 18.0 Å². The fourth-order valence-electron chi connectivity index (χ4n) is 2.72. The maximum absolute atomic E-state index is 12.4. The Labute approximate surface area is 168 Å². The molecule has 0 bridgehead atoms. The van der Waals surface area contributed by atoms with Crippen LogP contribution in [0.15, 0.2) is 54.2 Å². The topological polar surface area (TPSA) is 102 Å². The van der Waals surface area contributed by atoms with Gasteiger partial charge in [-0.25, -0.2) is 0 Å². The van der Waals surface area contributed by atoms with Gasteiger partial charge < -0.3 is 29.6 Å². The van der Waals surface area contributed by atoms with Crippen LogP contribution in [0.4, 0.5) is 5.69 Å². The SMILES string of the molecule is COc1ccc(NC(=O)/C(C#N)=C\NCC2COc3ccccc3O2)cc1OC. The van der Waals surface area contributed by atoms with Gasteiger partial charge in [0.05, 0.1) is 20.8 Å². The quantitative estimate of drug-likeness (QED) is 0.548. The second-order valence-electron chi connectivity index (χ2n) is 6.10. The van der Waals surface area contributed by atoms with Crippen molar-refractivity contribution in [3.63, 3.8) is 0 Å². The Morgan fingerprint density at radius 1 is 1.21 bits per heavy atom. The Balaban J connectivity index is 1.57. The smallest absolute Gasteiger partial charge is 0.267 e. The average Bonchev–Trinajstić information content (AvgIpc) is 2.76. The molecule has 1 aliphatic heterocycles.